The van der Waals surface area contributed by atoms with Gasteiger partial charge in [0, 0.05) is 28.5 Å². The molecule has 0 saturated heterocycles. The van der Waals surface area contributed by atoms with Crippen molar-refractivity contribution in [3.8, 4) is 0 Å². The van der Waals surface area contributed by atoms with Gasteiger partial charge in [0.15, 0.2) is 0 Å². The second-order valence-corrected chi connectivity index (χ2v) is 13.5. The maximum Gasteiger partial charge on any atom is 0.244 e. The lowest BCUT2D eigenvalue weighted by atomic mass is 10.0. The molecule has 0 saturated carbocycles. The summed E-state index contributed by atoms with van der Waals surface area (Å²) in [6.07, 6.45) is 1.27. The first-order valence-electron chi connectivity index (χ1n) is 12.8. The van der Waals surface area contributed by atoms with Crippen molar-refractivity contribution in [2.75, 3.05) is 17.1 Å². The molecule has 0 bridgehead atoms. The normalized spacial score (nSPS) is 12.5. The first kappa shape index (κ1) is 31.5. The summed E-state index contributed by atoms with van der Waals surface area (Å²) in [5, 5.41) is 3.91. The Morgan fingerprint density at radius 2 is 1.52 bits per heavy atom. The summed E-state index contributed by atoms with van der Waals surface area (Å²) in [6, 6.07) is 20.3. The molecule has 10 heteroatoms. The van der Waals surface area contributed by atoms with Crippen LogP contribution in [0.5, 0.6) is 0 Å². The van der Waals surface area contributed by atoms with Gasteiger partial charge in [-0.15, -0.1) is 0 Å². The zero-order chi connectivity index (χ0) is 29.7. The van der Waals surface area contributed by atoms with E-state index in [2.05, 4.69) is 5.32 Å². The molecule has 3 aromatic carbocycles. The first-order chi connectivity index (χ1) is 18.7. The zero-order valence-electron chi connectivity index (χ0n) is 23.3. The third-order valence-corrected chi connectivity index (χ3v) is 8.01. The summed E-state index contributed by atoms with van der Waals surface area (Å²) < 4.78 is 26.9. The number of carbonyl (C=O) groups is 2. The van der Waals surface area contributed by atoms with Gasteiger partial charge in [-0.05, 0) is 68.7 Å². The fourth-order valence-corrected chi connectivity index (χ4v) is 5.45. The molecule has 0 aliphatic rings. The van der Waals surface area contributed by atoms with E-state index >= 15 is 0 Å². The number of carbonyl (C=O) groups excluding carboxylic acids is 2. The van der Waals surface area contributed by atoms with Crippen LogP contribution in [0, 0.1) is 6.92 Å². The number of benzene rings is 3. The van der Waals surface area contributed by atoms with E-state index in [0.717, 1.165) is 21.7 Å². The highest BCUT2D eigenvalue weighted by molar-refractivity contribution is 7.92. The highest BCUT2D eigenvalue weighted by atomic mass is 35.5. The van der Waals surface area contributed by atoms with E-state index in [4.69, 9.17) is 23.2 Å². The van der Waals surface area contributed by atoms with Crippen LogP contribution in [0.25, 0.3) is 0 Å². The van der Waals surface area contributed by atoms with Crippen molar-refractivity contribution in [3.05, 3.63) is 99.5 Å². The number of anilines is 1. The van der Waals surface area contributed by atoms with Gasteiger partial charge in [0.2, 0.25) is 21.8 Å². The minimum atomic E-state index is -3.89. The topological polar surface area (TPSA) is 86.8 Å². The highest BCUT2D eigenvalue weighted by Gasteiger charge is 2.34. The maximum absolute atomic E-state index is 14.1. The summed E-state index contributed by atoms with van der Waals surface area (Å²) in [6.45, 7) is 6.84. The Balaban J connectivity index is 2.09. The average molecular weight is 605 g/mol. The van der Waals surface area contributed by atoms with Gasteiger partial charge in [-0.1, -0.05) is 71.7 Å². The number of nitrogens with one attached hydrogen (secondary N) is 1. The van der Waals surface area contributed by atoms with Crippen LogP contribution < -0.4 is 9.62 Å². The third kappa shape index (κ3) is 8.71. The Morgan fingerprint density at radius 1 is 0.900 bits per heavy atom. The third-order valence-electron chi connectivity index (χ3n) is 6.22. The first-order valence-corrected chi connectivity index (χ1v) is 15.4. The lowest BCUT2D eigenvalue weighted by molar-refractivity contribution is -0.140. The van der Waals surface area contributed by atoms with Crippen molar-refractivity contribution in [1.29, 1.82) is 0 Å². The molecule has 0 aromatic heterocycles. The van der Waals surface area contributed by atoms with Crippen LogP contribution in [-0.2, 0) is 32.6 Å². The molecule has 1 N–H and O–H groups in total. The molecule has 0 radical (unpaired) electrons. The molecule has 214 valence electrons. The monoisotopic (exact) mass is 603 g/mol. The Hall–Kier alpha value is -3.07. The number of amides is 2. The van der Waals surface area contributed by atoms with Crippen LogP contribution in [0.4, 0.5) is 5.69 Å². The van der Waals surface area contributed by atoms with Crippen LogP contribution in [0.15, 0.2) is 72.8 Å². The van der Waals surface area contributed by atoms with Gasteiger partial charge in [-0.3, -0.25) is 13.9 Å². The molecule has 2 amide bonds. The molecule has 0 aliphatic carbocycles. The highest BCUT2D eigenvalue weighted by Crippen LogP contribution is 2.29. The van der Waals surface area contributed by atoms with Crippen LogP contribution in [-0.4, -0.2) is 49.5 Å². The molecular formula is C30H35Cl2N3O4S. The maximum atomic E-state index is 14.1. The summed E-state index contributed by atoms with van der Waals surface area (Å²) in [5.74, 6) is -0.881. The van der Waals surface area contributed by atoms with Gasteiger partial charge in [0.25, 0.3) is 0 Å². The van der Waals surface area contributed by atoms with Gasteiger partial charge in [0.1, 0.15) is 12.6 Å². The predicted molar refractivity (Wildman–Crippen MR) is 162 cm³/mol. The van der Waals surface area contributed by atoms with Crippen molar-refractivity contribution < 1.29 is 18.0 Å². The Morgan fingerprint density at radius 3 is 2.10 bits per heavy atom. The van der Waals surface area contributed by atoms with Gasteiger partial charge < -0.3 is 10.2 Å². The molecule has 3 rings (SSSR count). The molecule has 0 spiro atoms. The largest absolute Gasteiger partial charge is 0.350 e. The fourth-order valence-electron chi connectivity index (χ4n) is 4.25. The number of nitrogens with zero attached hydrogens (tertiary/aromatic N) is 2. The van der Waals surface area contributed by atoms with Gasteiger partial charge in [-0.25, -0.2) is 8.42 Å². The second-order valence-electron chi connectivity index (χ2n) is 10.7. The number of sulfonamides is 1. The fraction of sp³-hybridized carbons (Fsp3) is 0.333. The Labute approximate surface area is 247 Å². The van der Waals surface area contributed by atoms with E-state index in [1.54, 1.807) is 49.4 Å². The van der Waals surface area contributed by atoms with Crippen molar-refractivity contribution in [1.82, 2.24) is 10.2 Å². The molecule has 3 aromatic rings. The smallest absolute Gasteiger partial charge is 0.244 e. The molecule has 1 atom stereocenters. The minimum absolute atomic E-state index is 0.0667. The molecule has 40 heavy (non-hydrogen) atoms. The SMILES string of the molecule is Cc1c(Cl)cccc1N(CC(=O)N(Cc1ccc(Cl)cc1)C(Cc1ccccc1)C(=O)NC(C)(C)C)S(C)(=O)=O. The standard InChI is InChI=1S/C30H35Cl2N3O4S/c1-21-25(32)12-9-13-26(21)35(40(5,38)39)20-28(36)34(19-23-14-16-24(31)17-15-23)27(29(37)33-30(2,3)4)18-22-10-7-6-8-11-22/h6-17,27H,18-20H2,1-5H3,(H,33,37). The molecule has 0 aliphatic heterocycles. The van der Waals surface area contributed by atoms with Crippen molar-refractivity contribution in [3.63, 3.8) is 0 Å². The van der Waals surface area contributed by atoms with Crippen molar-refractivity contribution >= 4 is 50.7 Å². The molecule has 7 nitrogen and oxygen atoms in total. The molecular weight excluding hydrogens is 569 g/mol. The molecule has 0 heterocycles. The summed E-state index contributed by atoms with van der Waals surface area (Å²) in [5.41, 5.74) is 1.87. The second kappa shape index (κ2) is 13.1. The summed E-state index contributed by atoms with van der Waals surface area (Å²) in [4.78, 5) is 29.3. The van der Waals surface area contributed by atoms with Crippen LogP contribution in [0.3, 0.4) is 0 Å². The van der Waals surface area contributed by atoms with E-state index in [-0.39, 0.29) is 18.9 Å². The lowest BCUT2D eigenvalue weighted by Gasteiger charge is -2.35. The Kier molecular flexibility index (Phi) is 10.3. The van der Waals surface area contributed by atoms with Crippen molar-refractivity contribution in [2.24, 2.45) is 0 Å². The summed E-state index contributed by atoms with van der Waals surface area (Å²) >= 11 is 12.4. The van der Waals surface area contributed by atoms with E-state index in [0.29, 0.717) is 21.3 Å². The van der Waals surface area contributed by atoms with Gasteiger partial charge in [0.05, 0.1) is 11.9 Å². The summed E-state index contributed by atoms with van der Waals surface area (Å²) in [7, 11) is -3.89. The van der Waals surface area contributed by atoms with Crippen LogP contribution in [0.2, 0.25) is 10.0 Å². The molecule has 0 fully saturated rings. The van der Waals surface area contributed by atoms with Gasteiger partial charge >= 0.3 is 0 Å². The number of halogens is 2. The number of rotatable bonds is 10. The van der Waals surface area contributed by atoms with Crippen LogP contribution >= 0.6 is 23.2 Å². The quantitative estimate of drug-likeness (QED) is 0.326. The van der Waals surface area contributed by atoms with E-state index in [1.165, 1.54) is 4.90 Å². The minimum Gasteiger partial charge on any atom is -0.350 e. The lowest BCUT2D eigenvalue weighted by Crippen LogP contribution is -2.56. The Bertz CT molecular complexity index is 1440. The van der Waals surface area contributed by atoms with E-state index in [9.17, 15) is 18.0 Å². The zero-order valence-corrected chi connectivity index (χ0v) is 25.6. The molecule has 1 unspecified atom stereocenters. The van der Waals surface area contributed by atoms with Crippen LogP contribution in [0.1, 0.15) is 37.5 Å². The average Bonchev–Trinajstić information content (AvgIpc) is 2.86. The van der Waals surface area contributed by atoms with E-state index in [1.807, 2.05) is 51.1 Å². The number of hydrogen-bond acceptors (Lipinski definition) is 4. The number of hydrogen-bond donors (Lipinski definition) is 1. The van der Waals surface area contributed by atoms with E-state index < -0.39 is 34.1 Å². The predicted octanol–water partition coefficient (Wildman–Crippen LogP) is 5.62. The van der Waals surface area contributed by atoms with Gasteiger partial charge in [-0.2, -0.15) is 0 Å². The van der Waals surface area contributed by atoms with Crippen molar-refractivity contribution in [2.45, 2.75) is 52.2 Å².